The van der Waals surface area contributed by atoms with Crippen molar-refractivity contribution in [2.75, 3.05) is 19.7 Å². The molecular weight excluding hydrogens is 262 g/mol. The SMILES string of the molecule is CCOCc1ccc(CN=C(N)N2CCCC(C)C2)cc1. The topological polar surface area (TPSA) is 50.9 Å². The molecular formula is C17H27N3O. The summed E-state index contributed by atoms with van der Waals surface area (Å²) in [7, 11) is 0. The van der Waals surface area contributed by atoms with Gasteiger partial charge in [-0.1, -0.05) is 31.2 Å². The first-order valence-corrected chi connectivity index (χ1v) is 7.89. The van der Waals surface area contributed by atoms with Gasteiger partial charge in [-0.2, -0.15) is 0 Å². The molecule has 0 aromatic heterocycles. The molecule has 0 saturated carbocycles. The smallest absolute Gasteiger partial charge is 0.191 e. The van der Waals surface area contributed by atoms with Crippen LogP contribution in [0.5, 0.6) is 0 Å². The Morgan fingerprint density at radius 2 is 2.05 bits per heavy atom. The number of guanidine groups is 1. The van der Waals surface area contributed by atoms with Gasteiger partial charge in [0.05, 0.1) is 13.2 Å². The van der Waals surface area contributed by atoms with Crippen molar-refractivity contribution in [3.8, 4) is 0 Å². The van der Waals surface area contributed by atoms with Gasteiger partial charge in [0.1, 0.15) is 0 Å². The van der Waals surface area contributed by atoms with Crippen LogP contribution in [-0.2, 0) is 17.9 Å². The summed E-state index contributed by atoms with van der Waals surface area (Å²) in [5.74, 6) is 1.39. The second-order valence-corrected chi connectivity index (χ2v) is 5.82. The van der Waals surface area contributed by atoms with Gasteiger partial charge in [-0.15, -0.1) is 0 Å². The van der Waals surface area contributed by atoms with Crippen LogP contribution >= 0.6 is 0 Å². The lowest BCUT2D eigenvalue weighted by molar-refractivity contribution is 0.134. The van der Waals surface area contributed by atoms with E-state index in [9.17, 15) is 0 Å². The molecule has 116 valence electrons. The predicted octanol–water partition coefficient (Wildman–Crippen LogP) is 2.77. The predicted molar refractivity (Wildman–Crippen MR) is 87.1 cm³/mol. The second kappa shape index (κ2) is 8.03. The number of benzene rings is 1. The van der Waals surface area contributed by atoms with Crippen molar-refractivity contribution in [3.05, 3.63) is 35.4 Å². The molecule has 0 aliphatic carbocycles. The van der Waals surface area contributed by atoms with Gasteiger partial charge >= 0.3 is 0 Å². The average molecular weight is 289 g/mol. The molecule has 2 N–H and O–H groups in total. The Morgan fingerprint density at radius 3 is 2.71 bits per heavy atom. The highest BCUT2D eigenvalue weighted by molar-refractivity contribution is 5.78. The monoisotopic (exact) mass is 289 g/mol. The summed E-state index contributed by atoms with van der Waals surface area (Å²) in [4.78, 5) is 6.74. The first kappa shape index (κ1) is 15.8. The molecule has 1 aliphatic heterocycles. The van der Waals surface area contributed by atoms with E-state index in [0.717, 1.165) is 19.7 Å². The molecule has 1 fully saturated rings. The fourth-order valence-corrected chi connectivity index (χ4v) is 2.63. The van der Waals surface area contributed by atoms with Crippen molar-refractivity contribution in [1.82, 2.24) is 4.90 Å². The van der Waals surface area contributed by atoms with E-state index < -0.39 is 0 Å². The Kier molecular flexibility index (Phi) is 6.05. The van der Waals surface area contributed by atoms with Crippen LogP contribution in [0.3, 0.4) is 0 Å². The maximum absolute atomic E-state index is 6.11. The van der Waals surface area contributed by atoms with Crippen molar-refractivity contribution < 1.29 is 4.74 Å². The van der Waals surface area contributed by atoms with Gasteiger partial charge in [-0.3, -0.25) is 0 Å². The number of nitrogens with two attached hydrogens (primary N) is 1. The Morgan fingerprint density at radius 1 is 1.33 bits per heavy atom. The van der Waals surface area contributed by atoms with Gasteiger partial charge in [-0.25, -0.2) is 4.99 Å². The number of aliphatic imine (C=N–C) groups is 1. The van der Waals surface area contributed by atoms with Gasteiger partial charge in [0, 0.05) is 19.7 Å². The summed E-state index contributed by atoms with van der Waals surface area (Å²) in [6.45, 7) is 8.41. The van der Waals surface area contributed by atoms with E-state index in [1.807, 2.05) is 6.92 Å². The Balaban J connectivity index is 1.87. The van der Waals surface area contributed by atoms with Crippen LogP contribution in [0.2, 0.25) is 0 Å². The van der Waals surface area contributed by atoms with Crippen molar-refractivity contribution in [1.29, 1.82) is 0 Å². The Bertz CT molecular complexity index is 456. The normalized spacial score (nSPS) is 19.8. The van der Waals surface area contributed by atoms with E-state index in [1.165, 1.54) is 24.0 Å². The molecule has 0 amide bonds. The number of likely N-dealkylation sites (tertiary alicyclic amines) is 1. The average Bonchev–Trinajstić information content (AvgIpc) is 2.51. The highest BCUT2D eigenvalue weighted by Gasteiger charge is 2.17. The largest absolute Gasteiger partial charge is 0.377 e. The van der Waals surface area contributed by atoms with Gasteiger partial charge < -0.3 is 15.4 Å². The van der Waals surface area contributed by atoms with Gasteiger partial charge in [0.2, 0.25) is 0 Å². The molecule has 1 aromatic carbocycles. The van der Waals surface area contributed by atoms with E-state index in [0.29, 0.717) is 25.0 Å². The minimum absolute atomic E-state index is 0.644. The molecule has 0 radical (unpaired) electrons. The molecule has 1 unspecified atom stereocenters. The molecule has 0 bridgehead atoms. The lowest BCUT2D eigenvalue weighted by Crippen LogP contribution is -2.43. The number of hydrogen-bond donors (Lipinski definition) is 1. The fraction of sp³-hybridized carbons (Fsp3) is 0.588. The summed E-state index contributed by atoms with van der Waals surface area (Å²) >= 11 is 0. The quantitative estimate of drug-likeness (QED) is 0.670. The van der Waals surface area contributed by atoms with Crippen LogP contribution in [0.15, 0.2) is 29.3 Å². The number of ether oxygens (including phenoxy) is 1. The molecule has 1 atom stereocenters. The summed E-state index contributed by atoms with van der Waals surface area (Å²) in [6.07, 6.45) is 2.51. The number of nitrogens with zero attached hydrogens (tertiary/aromatic N) is 2. The van der Waals surface area contributed by atoms with Crippen LogP contribution in [0, 0.1) is 5.92 Å². The van der Waals surface area contributed by atoms with Crippen molar-refractivity contribution in [2.24, 2.45) is 16.6 Å². The van der Waals surface area contributed by atoms with Crippen molar-refractivity contribution in [2.45, 2.75) is 39.8 Å². The highest BCUT2D eigenvalue weighted by atomic mass is 16.5. The molecule has 1 heterocycles. The first-order valence-electron chi connectivity index (χ1n) is 7.89. The van der Waals surface area contributed by atoms with E-state index in [4.69, 9.17) is 10.5 Å². The summed E-state index contributed by atoms with van der Waals surface area (Å²) in [5, 5.41) is 0. The second-order valence-electron chi connectivity index (χ2n) is 5.82. The Labute approximate surface area is 128 Å². The summed E-state index contributed by atoms with van der Waals surface area (Å²) in [5.41, 5.74) is 8.49. The summed E-state index contributed by atoms with van der Waals surface area (Å²) < 4.78 is 5.39. The number of hydrogen-bond acceptors (Lipinski definition) is 2. The zero-order chi connectivity index (χ0) is 15.1. The van der Waals surface area contributed by atoms with E-state index in [1.54, 1.807) is 0 Å². The summed E-state index contributed by atoms with van der Waals surface area (Å²) in [6, 6.07) is 8.40. The van der Waals surface area contributed by atoms with Gasteiger partial charge in [0.15, 0.2) is 5.96 Å². The maximum Gasteiger partial charge on any atom is 0.191 e. The van der Waals surface area contributed by atoms with Crippen LogP contribution in [0.1, 0.15) is 37.8 Å². The van der Waals surface area contributed by atoms with Crippen LogP contribution in [0.25, 0.3) is 0 Å². The minimum atomic E-state index is 0.644. The number of piperidine rings is 1. The van der Waals surface area contributed by atoms with Crippen molar-refractivity contribution in [3.63, 3.8) is 0 Å². The third kappa shape index (κ3) is 5.05. The van der Waals surface area contributed by atoms with E-state index in [-0.39, 0.29) is 0 Å². The standard InChI is InChI=1S/C17H27N3O/c1-3-21-13-16-8-6-15(7-9-16)11-19-17(18)20-10-4-5-14(2)12-20/h6-9,14H,3-5,10-13H2,1-2H3,(H2,18,19). The number of rotatable bonds is 5. The molecule has 4 nitrogen and oxygen atoms in total. The maximum atomic E-state index is 6.11. The van der Waals surface area contributed by atoms with Gasteiger partial charge in [-0.05, 0) is 36.8 Å². The molecule has 1 aromatic rings. The lowest BCUT2D eigenvalue weighted by atomic mass is 10.0. The fourth-order valence-electron chi connectivity index (χ4n) is 2.63. The Hall–Kier alpha value is -1.55. The molecule has 4 heteroatoms. The molecule has 0 spiro atoms. The first-order chi connectivity index (χ1) is 10.2. The van der Waals surface area contributed by atoms with Crippen molar-refractivity contribution >= 4 is 5.96 Å². The third-order valence-corrected chi connectivity index (χ3v) is 3.90. The molecule has 2 rings (SSSR count). The third-order valence-electron chi connectivity index (χ3n) is 3.90. The molecule has 1 aliphatic rings. The van der Waals surface area contributed by atoms with Crippen LogP contribution < -0.4 is 5.73 Å². The van der Waals surface area contributed by atoms with E-state index in [2.05, 4.69) is 41.1 Å². The van der Waals surface area contributed by atoms with Crippen LogP contribution in [-0.4, -0.2) is 30.6 Å². The van der Waals surface area contributed by atoms with E-state index >= 15 is 0 Å². The lowest BCUT2D eigenvalue weighted by Gasteiger charge is -2.31. The molecule has 21 heavy (non-hydrogen) atoms. The minimum Gasteiger partial charge on any atom is -0.377 e. The van der Waals surface area contributed by atoms with Crippen LogP contribution in [0.4, 0.5) is 0 Å². The zero-order valence-corrected chi connectivity index (χ0v) is 13.2. The highest BCUT2D eigenvalue weighted by Crippen LogP contribution is 2.15. The zero-order valence-electron chi connectivity index (χ0n) is 13.2. The molecule has 1 saturated heterocycles. The van der Waals surface area contributed by atoms with Gasteiger partial charge in [0.25, 0.3) is 0 Å².